The molecule has 0 bridgehead atoms. The Labute approximate surface area is 196 Å². The van der Waals surface area contributed by atoms with Crippen LogP contribution in [0.2, 0.25) is 0 Å². The van der Waals surface area contributed by atoms with Crippen LogP contribution in [-0.2, 0) is 4.79 Å². The maximum absolute atomic E-state index is 12.8. The average Bonchev–Trinajstić information content (AvgIpc) is 2.83. The van der Waals surface area contributed by atoms with Crippen molar-refractivity contribution >= 4 is 17.4 Å². The van der Waals surface area contributed by atoms with Gasteiger partial charge < -0.3 is 25.4 Å². The molecule has 1 atom stereocenters. The van der Waals surface area contributed by atoms with Crippen molar-refractivity contribution in [1.82, 2.24) is 20.2 Å². The van der Waals surface area contributed by atoms with Gasteiger partial charge in [-0.1, -0.05) is 19.9 Å². The van der Waals surface area contributed by atoms with E-state index in [9.17, 15) is 9.59 Å². The lowest BCUT2D eigenvalue weighted by Crippen LogP contribution is -2.50. The number of likely N-dealkylation sites (N-methyl/N-ethyl adjacent to an activating group) is 1. The zero-order chi connectivity index (χ0) is 23.8. The molecule has 0 saturated carbocycles. The van der Waals surface area contributed by atoms with Crippen LogP contribution in [0.4, 0.5) is 11.5 Å². The second-order valence-electron chi connectivity index (χ2n) is 8.61. The summed E-state index contributed by atoms with van der Waals surface area (Å²) in [5.74, 6) is 0.797. The summed E-state index contributed by atoms with van der Waals surface area (Å²) in [4.78, 5) is 36.7. The van der Waals surface area contributed by atoms with Crippen LogP contribution in [0.15, 0.2) is 47.5 Å². The molecule has 3 N–H and O–H groups in total. The van der Waals surface area contributed by atoms with Crippen molar-refractivity contribution in [3.63, 3.8) is 0 Å². The molecule has 178 valence electrons. The number of anilines is 2. The zero-order valence-corrected chi connectivity index (χ0v) is 20.1. The molecule has 3 heterocycles. The fourth-order valence-electron chi connectivity index (χ4n) is 4.20. The van der Waals surface area contributed by atoms with Crippen LogP contribution < -0.4 is 21.1 Å². The summed E-state index contributed by atoms with van der Waals surface area (Å²) >= 11 is 0. The van der Waals surface area contributed by atoms with E-state index in [0.29, 0.717) is 31.4 Å². The lowest BCUT2D eigenvalue weighted by atomic mass is 10.0. The summed E-state index contributed by atoms with van der Waals surface area (Å²) < 4.78 is 0. The molecule has 1 saturated heterocycles. The van der Waals surface area contributed by atoms with Gasteiger partial charge in [0, 0.05) is 69.3 Å². The number of nitrogens with zero attached hydrogens (tertiary/aromatic N) is 3. The Bertz CT molecular complexity index is 1020. The molecule has 8 heteroatoms. The first kappa shape index (κ1) is 24.5. The molecule has 8 nitrogen and oxygen atoms in total. The minimum atomic E-state index is -0.119. The van der Waals surface area contributed by atoms with E-state index < -0.39 is 0 Å². The summed E-state index contributed by atoms with van der Waals surface area (Å²) in [6, 6.07) is 6.30. The highest BCUT2D eigenvalue weighted by Crippen LogP contribution is 2.26. The molecule has 0 radical (unpaired) electrons. The average molecular weight is 453 g/mol. The van der Waals surface area contributed by atoms with E-state index in [1.807, 2.05) is 36.2 Å². The quantitative estimate of drug-likeness (QED) is 0.507. The maximum atomic E-state index is 12.8. The molecule has 1 amide bonds. The van der Waals surface area contributed by atoms with Crippen LogP contribution in [0.25, 0.3) is 11.1 Å². The smallest absolute Gasteiger partial charge is 0.271 e. The molecule has 33 heavy (non-hydrogen) atoms. The molecule has 1 aliphatic heterocycles. The largest absolute Gasteiger partial charge is 0.373 e. The van der Waals surface area contributed by atoms with Crippen LogP contribution >= 0.6 is 0 Å². The second kappa shape index (κ2) is 11.7. The summed E-state index contributed by atoms with van der Waals surface area (Å²) in [5, 5.41) is 6.33. The Hall–Kier alpha value is -3.13. The molecule has 2 aromatic rings. The van der Waals surface area contributed by atoms with Gasteiger partial charge in [0.1, 0.15) is 11.5 Å². The van der Waals surface area contributed by atoms with Crippen LogP contribution in [0.1, 0.15) is 33.6 Å². The maximum Gasteiger partial charge on any atom is 0.271 e. The first-order chi connectivity index (χ1) is 15.9. The molecule has 0 unspecified atom stereocenters. The minimum Gasteiger partial charge on any atom is -0.373 e. The van der Waals surface area contributed by atoms with Gasteiger partial charge in [-0.3, -0.25) is 9.59 Å². The second-order valence-corrected chi connectivity index (χ2v) is 8.61. The number of likely N-dealkylation sites (tertiary alicyclic amines) is 1. The van der Waals surface area contributed by atoms with Gasteiger partial charge in [-0.05, 0) is 43.5 Å². The number of pyridine rings is 2. The van der Waals surface area contributed by atoms with Gasteiger partial charge in [-0.2, -0.15) is 0 Å². The molecule has 1 aliphatic rings. The highest BCUT2D eigenvalue weighted by atomic mass is 16.2. The van der Waals surface area contributed by atoms with Crippen LogP contribution in [-0.4, -0.2) is 66.1 Å². The zero-order valence-electron chi connectivity index (χ0n) is 20.1. The molecule has 0 spiro atoms. The summed E-state index contributed by atoms with van der Waals surface area (Å²) in [7, 11) is 1.83. The van der Waals surface area contributed by atoms with Gasteiger partial charge in [0.15, 0.2) is 0 Å². The number of nitrogens with one attached hydrogen (secondary N) is 3. The molecule has 0 aliphatic carbocycles. The first-order valence-corrected chi connectivity index (χ1v) is 11.7. The van der Waals surface area contributed by atoms with E-state index in [2.05, 4.69) is 46.3 Å². The fraction of sp³-hybridized carbons (Fsp3) is 0.480. The Morgan fingerprint density at radius 1 is 1.36 bits per heavy atom. The van der Waals surface area contributed by atoms with Gasteiger partial charge in [-0.25, -0.2) is 4.98 Å². The van der Waals surface area contributed by atoms with Crippen LogP contribution in [0.5, 0.6) is 0 Å². The Morgan fingerprint density at radius 3 is 2.91 bits per heavy atom. The predicted octanol–water partition coefficient (Wildman–Crippen LogP) is 2.85. The third-order valence-corrected chi connectivity index (χ3v) is 5.94. The van der Waals surface area contributed by atoms with Crippen molar-refractivity contribution in [2.24, 2.45) is 0 Å². The van der Waals surface area contributed by atoms with Crippen molar-refractivity contribution in [3.05, 3.63) is 53.1 Å². The number of hydrogen-bond donors (Lipinski definition) is 3. The van der Waals surface area contributed by atoms with Crippen LogP contribution in [0, 0.1) is 0 Å². The predicted molar refractivity (Wildman–Crippen MR) is 135 cm³/mol. The number of amides is 1. The first-order valence-electron chi connectivity index (χ1n) is 11.7. The summed E-state index contributed by atoms with van der Waals surface area (Å²) in [6.45, 7) is 8.92. The van der Waals surface area contributed by atoms with E-state index in [-0.39, 0.29) is 17.5 Å². The van der Waals surface area contributed by atoms with Gasteiger partial charge >= 0.3 is 0 Å². The number of carbonyl (C=O) groups excluding carboxylic acids is 1. The molecular weight excluding hydrogens is 416 g/mol. The van der Waals surface area contributed by atoms with Gasteiger partial charge in [0.2, 0.25) is 5.91 Å². The van der Waals surface area contributed by atoms with Gasteiger partial charge in [0.05, 0.1) is 0 Å². The standard InChI is InChI=1S/C25H36N6O2/c1-5-31(21-8-7-13-30(17-21)24(32)9-6-11-27-18(2)3)22-14-20(16-29-25(22)33)19-10-12-28-23(15-19)26-4/h6,9-10,12,14-16,18,21,27H,5,7-8,11,13,17H2,1-4H3,(H,26,28)(H,29,33)/t21-/m0/s1. The third-order valence-electron chi connectivity index (χ3n) is 5.94. The highest BCUT2D eigenvalue weighted by molar-refractivity contribution is 5.87. The number of aromatic amines is 1. The topological polar surface area (TPSA) is 93.4 Å². The SMILES string of the molecule is CCN(c1cc(-c2ccnc(NC)c2)c[nH]c1=O)[C@H]1CCCN(C(=O)C=CCNC(C)C)C1. The minimum absolute atomic E-state index is 0.0281. The van der Waals surface area contributed by atoms with E-state index in [4.69, 9.17) is 0 Å². The molecule has 1 fully saturated rings. The van der Waals surface area contributed by atoms with Crippen molar-refractivity contribution in [2.75, 3.05) is 43.4 Å². The molecule has 3 rings (SSSR count). The van der Waals surface area contributed by atoms with Gasteiger partial charge in [0.25, 0.3) is 5.56 Å². The Morgan fingerprint density at radius 2 is 2.18 bits per heavy atom. The number of carbonyl (C=O) groups is 1. The number of hydrogen-bond acceptors (Lipinski definition) is 6. The van der Waals surface area contributed by atoms with Crippen molar-refractivity contribution < 1.29 is 4.79 Å². The molecular formula is C25H36N6O2. The Kier molecular flexibility index (Phi) is 8.65. The monoisotopic (exact) mass is 452 g/mol. The van der Waals surface area contributed by atoms with Crippen LogP contribution in [0.3, 0.4) is 0 Å². The summed E-state index contributed by atoms with van der Waals surface area (Å²) in [6.07, 6.45) is 8.88. The van der Waals surface area contributed by atoms with Crippen molar-refractivity contribution in [1.29, 1.82) is 0 Å². The van der Waals surface area contributed by atoms with E-state index in [0.717, 1.165) is 36.3 Å². The van der Waals surface area contributed by atoms with E-state index in [1.54, 1.807) is 18.5 Å². The molecule has 2 aromatic heterocycles. The third kappa shape index (κ3) is 6.44. The normalized spacial score (nSPS) is 16.4. The lowest BCUT2D eigenvalue weighted by Gasteiger charge is -2.39. The summed E-state index contributed by atoms with van der Waals surface area (Å²) in [5.41, 5.74) is 2.41. The highest BCUT2D eigenvalue weighted by Gasteiger charge is 2.28. The fourth-order valence-corrected chi connectivity index (χ4v) is 4.20. The number of aromatic nitrogens is 2. The van der Waals surface area contributed by atoms with Gasteiger partial charge in [-0.15, -0.1) is 0 Å². The van der Waals surface area contributed by atoms with Crippen molar-refractivity contribution in [3.8, 4) is 11.1 Å². The number of rotatable bonds is 9. The number of piperidine rings is 1. The Balaban J connectivity index is 1.78. The molecule has 0 aromatic carbocycles. The van der Waals surface area contributed by atoms with E-state index >= 15 is 0 Å². The lowest BCUT2D eigenvalue weighted by molar-refractivity contribution is -0.127. The number of H-pyrrole nitrogens is 1. The van der Waals surface area contributed by atoms with Crippen molar-refractivity contribution in [2.45, 2.75) is 45.7 Å². The van der Waals surface area contributed by atoms with E-state index in [1.165, 1.54) is 0 Å².